The second-order valence-electron chi connectivity index (χ2n) is 10.2. The molecule has 2 bridgehead atoms. The average molecular weight is 468 g/mol. The number of carbonyl (C=O) groups excluding carboxylic acids is 2. The zero-order valence-electron chi connectivity index (χ0n) is 20.0. The molecule has 0 unspecified atom stereocenters. The highest BCUT2D eigenvalue weighted by atomic mass is 16.5. The molecule has 1 aromatic rings. The van der Waals surface area contributed by atoms with E-state index >= 15 is 0 Å². The number of fused-ring (bicyclic) bond motifs is 3. The molecule has 0 spiro atoms. The molecule has 2 amide bonds. The zero-order chi connectivity index (χ0) is 23.3. The summed E-state index contributed by atoms with van der Waals surface area (Å²) in [7, 11) is 0. The lowest BCUT2D eigenvalue weighted by Gasteiger charge is -2.39. The largest absolute Gasteiger partial charge is 0.489 e. The molecule has 0 aromatic heterocycles. The van der Waals surface area contributed by atoms with Gasteiger partial charge in [-0.3, -0.25) is 14.5 Å². The predicted octanol–water partition coefficient (Wildman–Crippen LogP) is 2.75. The topological polar surface area (TPSA) is 71.1 Å². The lowest BCUT2D eigenvalue weighted by Crippen LogP contribution is -2.50. The van der Waals surface area contributed by atoms with E-state index in [-0.39, 0.29) is 23.7 Å². The van der Waals surface area contributed by atoms with Crippen molar-refractivity contribution in [2.75, 3.05) is 39.5 Å². The molecule has 1 aromatic carbocycles. The van der Waals surface area contributed by atoms with Gasteiger partial charge in [0, 0.05) is 56.9 Å². The van der Waals surface area contributed by atoms with Gasteiger partial charge in [-0.2, -0.15) is 0 Å². The number of amides is 2. The molecule has 3 heterocycles. The van der Waals surface area contributed by atoms with E-state index in [2.05, 4.69) is 28.4 Å². The lowest BCUT2D eigenvalue weighted by atomic mass is 9.82. The molecule has 3 aliphatic heterocycles. The molecule has 5 rings (SSSR count). The van der Waals surface area contributed by atoms with E-state index in [1.54, 1.807) is 0 Å². The monoisotopic (exact) mass is 467 g/mol. The maximum Gasteiger partial charge on any atom is 0.236 e. The van der Waals surface area contributed by atoms with Crippen molar-refractivity contribution >= 4 is 11.8 Å². The first-order chi connectivity index (χ1) is 16.7. The van der Waals surface area contributed by atoms with Crippen LogP contribution in [0.5, 0.6) is 5.75 Å². The Labute approximate surface area is 202 Å². The van der Waals surface area contributed by atoms with Crippen LogP contribution in [-0.4, -0.2) is 73.2 Å². The van der Waals surface area contributed by atoms with Crippen LogP contribution in [0, 0.1) is 11.8 Å². The standard InChI is InChI=1S/C27H37N3O4/c31-26(28-23-7-8-23)16-20-9-12-29-17-21(20)5-3-13-34-25-6-2-1-4-22(25)18-30(19-27(29)32)24-10-14-33-15-11-24/h1-6,20-21,23-24H,7-19H2,(H,28,31)/b5-3-/t20-,21-/m0/s1. The summed E-state index contributed by atoms with van der Waals surface area (Å²) in [5.41, 5.74) is 1.11. The molecule has 184 valence electrons. The highest BCUT2D eigenvalue weighted by Gasteiger charge is 2.34. The molecule has 1 aliphatic carbocycles. The number of para-hydroxylation sites is 1. The van der Waals surface area contributed by atoms with Crippen molar-refractivity contribution in [3.8, 4) is 5.75 Å². The number of hydrogen-bond acceptors (Lipinski definition) is 5. The van der Waals surface area contributed by atoms with Crippen molar-refractivity contribution in [3.05, 3.63) is 42.0 Å². The van der Waals surface area contributed by atoms with Crippen LogP contribution in [0.3, 0.4) is 0 Å². The molecule has 2 saturated heterocycles. The van der Waals surface area contributed by atoms with Crippen LogP contribution in [0.15, 0.2) is 36.4 Å². The maximum absolute atomic E-state index is 13.5. The number of rotatable bonds is 4. The second kappa shape index (κ2) is 10.9. The Balaban J connectivity index is 1.35. The van der Waals surface area contributed by atoms with Crippen LogP contribution in [0.25, 0.3) is 0 Å². The Hall–Kier alpha value is -2.38. The predicted molar refractivity (Wildman–Crippen MR) is 129 cm³/mol. The van der Waals surface area contributed by atoms with E-state index in [1.165, 1.54) is 0 Å². The van der Waals surface area contributed by atoms with Gasteiger partial charge >= 0.3 is 0 Å². The van der Waals surface area contributed by atoms with Crippen LogP contribution in [0.1, 0.15) is 44.1 Å². The summed E-state index contributed by atoms with van der Waals surface area (Å²) in [6.07, 6.45) is 9.72. The molecular formula is C27H37N3O4. The van der Waals surface area contributed by atoms with Gasteiger partial charge in [0.05, 0.1) is 6.54 Å². The number of benzene rings is 1. The molecule has 3 fully saturated rings. The van der Waals surface area contributed by atoms with Gasteiger partial charge in [-0.1, -0.05) is 30.4 Å². The van der Waals surface area contributed by atoms with E-state index < -0.39 is 0 Å². The summed E-state index contributed by atoms with van der Waals surface area (Å²) in [6, 6.07) is 8.86. The fourth-order valence-electron chi connectivity index (χ4n) is 5.48. The number of nitrogens with zero attached hydrogens (tertiary/aromatic N) is 2. The minimum absolute atomic E-state index is 0.152. The number of nitrogens with one attached hydrogen (secondary N) is 1. The minimum atomic E-state index is 0.152. The fourth-order valence-corrected chi connectivity index (χ4v) is 5.48. The van der Waals surface area contributed by atoms with E-state index in [9.17, 15) is 9.59 Å². The highest BCUT2D eigenvalue weighted by molar-refractivity contribution is 5.79. The fraction of sp³-hybridized carbons (Fsp3) is 0.630. The molecule has 1 saturated carbocycles. The summed E-state index contributed by atoms with van der Waals surface area (Å²) >= 11 is 0. The molecule has 2 atom stereocenters. The molecule has 0 radical (unpaired) electrons. The van der Waals surface area contributed by atoms with Gasteiger partial charge in [0.15, 0.2) is 0 Å². The van der Waals surface area contributed by atoms with Crippen molar-refractivity contribution in [3.63, 3.8) is 0 Å². The molecule has 1 N–H and O–H groups in total. The van der Waals surface area contributed by atoms with Crippen molar-refractivity contribution in [2.45, 2.75) is 57.2 Å². The third kappa shape index (κ3) is 5.99. The molecule has 4 aliphatic rings. The Morgan fingerprint density at radius 2 is 1.88 bits per heavy atom. The van der Waals surface area contributed by atoms with Crippen LogP contribution < -0.4 is 10.1 Å². The zero-order valence-corrected chi connectivity index (χ0v) is 20.0. The van der Waals surface area contributed by atoms with E-state index in [0.29, 0.717) is 44.7 Å². The van der Waals surface area contributed by atoms with Crippen molar-refractivity contribution in [1.82, 2.24) is 15.1 Å². The van der Waals surface area contributed by atoms with Crippen LogP contribution in [0.2, 0.25) is 0 Å². The lowest BCUT2D eigenvalue weighted by molar-refractivity contribution is -0.136. The normalized spacial score (nSPS) is 28.0. The molecule has 7 heteroatoms. The number of carbonyl (C=O) groups is 2. The van der Waals surface area contributed by atoms with Crippen molar-refractivity contribution in [1.29, 1.82) is 0 Å². The molecule has 7 nitrogen and oxygen atoms in total. The number of hydrogen-bond donors (Lipinski definition) is 1. The van der Waals surface area contributed by atoms with Gasteiger partial charge < -0.3 is 19.7 Å². The highest BCUT2D eigenvalue weighted by Crippen LogP contribution is 2.30. The van der Waals surface area contributed by atoms with E-state index in [1.807, 2.05) is 23.1 Å². The third-order valence-electron chi connectivity index (χ3n) is 7.66. The average Bonchev–Trinajstić information content (AvgIpc) is 3.67. The number of piperidine rings is 1. The van der Waals surface area contributed by atoms with Crippen molar-refractivity contribution in [2.24, 2.45) is 11.8 Å². The molecule has 34 heavy (non-hydrogen) atoms. The quantitative estimate of drug-likeness (QED) is 0.690. The second-order valence-corrected chi connectivity index (χ2v) is 10.2. The summed E-state index contributed by atoms with van der Waals surface area (Å²) < 4.78 is 11.8. The van der Waals surface area contributed by atoms with Gasteiger partial charge in [-0.25, -0.2) is 0 Å². The smallest absolute Gasteiger partial charge is 0.236 e. The summed E-state index contributed by atoms with van der Waals surface area (Å²) in [6.45, 7) is 4.46. The van der Waals surface area contributed by atoms with E-state index in [4.69, 9.17) is 9.47 Å². The van der Waals surface area contributed by atoms with E-state index in [0.717, 1.165) is 63.2 Å². The maximum atomic E-state index is 13.5. The summed E-state index contributed by atoms with van der Waals surface area (Å²) in [5, 5.41) is 3.13. The number of ether oxygens (including phenoxy) is 2. The van der Waals surface area contributed by atoms with Crippen LogP contribution in [0.4, 0.5) is 0 Å². The first-order valence-electron chi connectivity index (χ1n) is 12.9. The van der Waals surface area contributed by atoms with Crippen LogP contribution in [-0.2, 0) is 20.9 Å². The van der Waals surface area contributed by atoms with Gasteiger partial charge in [-0.05, 0) is 50.0 Å². The van der Waals surface area contributed by atoms with Gasteiger partial charge in [0.1, 0.15) is 12.4 Å². The Morgan fingerprint density at radius 3 is 2.71 bits per heavy atom. The Kier molecular flexibility index (Phi) is 7.50. The SMILES string of the molecule is O=C(C[C@@H]1CCN2C[C@@H]1/C=C\COc1ccccc1CN(C1CCOCC1)CC2=O)NC1CC1. The summed E-state index contributed by atoms with van der Waals surface area (Å²) in [4.78, 5) is 30.3. The van der Waals surface area contributed by atoms with Crippen LogP contribution >= 0.6 is 0 Å². The first kappa shape index (κ1) is 23.4. The Bertz CT molecular complexity index is 894. The first-order valence-corrected chi connectivity index (χ1v) is 12.9. The summed E-state index contributed by atoms with van der Waals surface area (Å²) in [5.74, 6) is 1.63. The van der Waals surface area contributed by atoms with Crippen molar-refractivity contribution < 1.29 is 19.1 Å². The molecular weight excluding hydrogens is 430 g/mol. The van der Waals surface area contributed by atoms with Gasteiger partial charge in [-0.15, -0.1) is 0 Å². The van der Waals surface area contributed by atoms with Gasteiger partial charge in [0.2, 0.25) is 11.8 Å². The minimum Gasteiger partial charge on any atom is -0.489 e. The Morgan fingerprint density at radius 1 is 1.06 bits per heavy atom. The third-order valence-corrected chi connectivity index (χ3v) is 7.66. The van der Waals surface area contributed by atoms with Gasteiger partial charge in [0.25, 0.3) is 0 Å².